The van der Waals surface area contributed by atoms with Crippen molar-refractivity contribution in [3.8, 4) is 0 Å². The Morgan fingerprint density at radius 1 is 1.24 bits per heavy atom. The highest BCUT2D eigenvalue weighted by molar-refractivity contribution is 9.10. The number of hydrogen-bond acceptors (Lipinski definition) is 3. The van der Waals surface area contributed by atoms with Gasteiger partial charge < -0.3 is 9.88 Å². The van der Waals surface area contributed by atoms with E-state index in [2.05, 4.69) is 20.9 Å². The fourth-order valence-electron chi connectivity index (χ4n) is 3.32. The third kappa shape index (κ3) is 2.70. The van der Waals surface area contributed by atoms with Crippen molar-refractivity contribution in [2.75, 3.05) is 11.4 Å². The number of nitrogens with zero attached hydrogens (tertiary/aromatic N) is 2. The maximum Gasteiger partial charge on any atom is 0.270 e. The Bertz CT molecular complexity index is 1010. The number of carbonyl (C=O) groups is 1. The standard InChI is InChI=1S/C18H14BrN3O3/c19-12-3-6-17-11(8-12)2-1-7-21(17)18(23)15-10-20-16-5-4-13(22(24)25)9-14(15)16/h3-6,8-10,20H,1-2,7H2. The van der Waals surface area contributed by atoms with Crippen LogP contribution in [0.5, 0.6) is 0 Å². The summed E-state index contributed by atoms with van der Waals surface area (Å²) >= 11 is 3.47. The Morgan fingerprint density at radius 2 is 2.08 bits per heavy atom. The quantitative estimate of drug-likeness (QED) is 0.511. The van der Waals surface area contributed by atoms with Crippen LogP contribution in [0.3, 0.4) is 0 Å². The highest BCUT2D eigenvalue weighted by Crippen LogP contribution is 2.32. The summed E-state index contributed by atoms with van der Waals surface area (Å²) in [7, 11) is 0. The number of anilines is 1. The number of H-pyrrole nitrogens is 1. The summed E-state index contributed by atoms with van der Waals surface area (Å²) in [5, 5.41) is 11.6. The molecular weight excluding hydrogens is 386 g/mol. The molecule has 1 N–H and O–H groups in total. The molecule has 1 aliphatic rings. The van der Waals surface area contributed by atoms with Crippen LogP contribution < -0.4 is 4.90 Å². The molecular formula is C18H14BrN3O3. The minimum Gasteiger partial charge on any atom is -0.360 e. The van der Waals surface area contributed by atoms with Crippen LogP contribution in [0.2, 0.25) is 0 Å². The molecule has 3 aromatic rings. The average Bonchev–Trinajstić information content (AvgIpc) is 3.03. The minimum absolute atomic E-state index is 0.0240. The zero-order valence-electron chi connectivity index (χ0n) is 13.2. The largest absolute Gasteiger partial charge is 0.360 e. The third-order valence-electron chi connectivity index (χ3n) is 4.51. The lowest BCUT2D eigenvalue weighted by Gasteiger charge is -2.29. The van der Waals surface area contributed by atoms with E-state index in [1.807, 2.05) is 18.2 Å². The van der Waals surface area contributed by atoms with E-state index in [1.165, 1.54) is 12.1 Å². The predicted octanol–water partition coefficient (Wildman–Crippen LogP) is 4.43. The molecule has 0 radical (unpaired) electrons. The van der Waals surface area contributed by atoms with Gasteiger partial charge >= 0.3 is 0 Å². The summed E-state index contributed by atoms with van der Waals surface area (Å²) < 4.78 is 0.989. The molecule has 2 heterocycles. The van der Waals surface area contributed by atoms with Crippen molar-refractivity contribution in [2.45, 2.75) is 12.8 Å². The van der Waals surface area contributed by atoms with Gasteiger partial charge in [-0.2, -0.15) is 0 Å². The number of benzene rings is 2. The van der Waals surface area contributed by atoms with E-state index >= 15 is 0 Å². The van der Waals surface area contributed by atoms with Crippen LogP contribution in [0.25, 0.3) is 10.9 Å². The summed E-state index contributed by atoms with van der Waals surface area (Å²) in [6.45, 7) is 0.634. The molecule has 0 aliphatic carbocycles. The van der Waals surface area contributed by atoms with Gasteiger partial charge in [-0.3, -0.25) is 14.9 Å². The van der Waals surface area contributed by atoms with E-state index < -0.39 is 4.92 Å². The molecule has 0 saturated heterocycles. The Hall–Kier alpha value is -2.67. The molecule has 0 fully saturated rings. The zero-order chi connectivity index (χ0) is 17.6. The highest BCUT2D eigenvalue weighted by Gasteiger charge is 2.26. The molecule has 1 aromatic heterocycles. The number of nitro groups is 1. The van der Waals surface area contributed by atoms with Crippen molar-refractivity contribution in [2.24, 2.45) is 0 Å². The first-order chi connectivity index (χ1) is 12.0. The number of carbonyl (C=O) groups excluding carboxylic acids is 1. The molecule has 2 aromatic carbocycles. The lowest BCUT2D eigenvalue weighted by Crippen LogP contribution is -2.35. The van der Waals surface area contributed by atoms with Crippen molar-refractivity contribution in [1.29, 1.82) is 0 Å². The molecule has 0 bridgehead atoms. The van der Waals surface area contributed by atoms with Gasteiger partial charge in [0.25, 0.3) is 11.6 Å². The number of nitro benzene ring substituents is 1. The monoisotopic (exact) mass is 399 g/mol. The molecule has 1 aliphatic heterocycles. The first-order valence-corrected chi connectivity index (χ1v) is 8.70. The zero-order valence-corrected chi connectivity index (χ0v) is 14.7. The van der Waals surface area contributed by atoms with Crippen LogP contribution in [-0.2, 0) is 6.42 Å². The van der Waals surface area contributed by atoms with Crippen molar-refractivity contribution in [1.82, 2.24) is 4.98 Å². The number of halogens is 1. The summed E-state index contributed by atoms with van der Waals surface area (Å²) in [6, 6.07) is 10.4. The van der Waals surface area contributed by atoms with Gasteiger partial charge in [-0.1, -0.05) is 15.9 Å². The number of rotatable bonds is 2. The molecule has 1 amide bonds. The smallest absolute Gasteiger partial charge is 0.270 e. The van der Waals surface area contributed by atoms with Gasteiger partial charge in [-0.15, -0.1) is 0 Å². The number of aryl methyl sites for hydroxylation is 1. The lowest BCUT2D eigenvalue weighted by atomic mass is 10.0. The molecule has 0 atom stereocenters. The van der Waals surface area contributed by atoms with E-state index in [-0.39, 0.29) is 11.6 Å². The fourth-order valence-corrected chi connectivity index (χ4v) is 3.73. The maximum absolute atomic E-state index is 13.1. The van der Waals surface area contributed by atoms with Gasteiger partial charge in [0.15, 0.2) is 0 Å². The molecule has 25 heavy (non-hydrogen) atoms. The van der Waals surface area contributed by atoms with Crippen LogP contribution in [0, 0.1) is 10.1 Å². The third-order valence-corrected chi connectivity index (χ3v) is 5.01. The minimum atomic E-state index is -0.450. The Balaban J connectivity index is 1.79. The molecule has 6 nitrogen and oxygen atoms in total. The first-order valence-electron chi connectivity index (χ1n) is 7.90. The second-order valence-corrected chi connectivity index (χ2v) is 6.94. The maximum atomic E-state index is 13.1. The molecule has 0 spiro atoms. The van der Waals surface area contributed by atoms with Crippen molar-refractivity contribution in [3.63, 3.8) is 0 Å². The van der Waals surface area contributed by atoms with Crippen LogP contribution in [0.15, 0.2) is 47.1 Å². The Labute approximate surface area is 151 Å². The number of nitrogens with one attached hydrogen (secondary N) is 1. The van der Waals surface area contributed by atoms with E-state index in [0.29, 0.717) is 23.0 Å². The highest BCUT2D eigenvalue weighted by atomic mass is 79.9. The van der Waals surface area contributed by atoms with Crippen molar-refractivity contribution < 1.29 is 9.72 Å². The van der Waals surface area contributed by atoms with Crippen LogP contribution in [0.4, 0.5) is 11.4 Å². The van der Waals surface area contributed by atoms with Gasteiger partial charge in [0, 0.05) is 45.9 Å². The molecule has 0 saturated carbocycles. The van der Waals surface area contributed by atoms with Crippen LogP contribution >= 0.6 is 15.9 Å². The summed E-state index contributed by atoms with van der Waals surface area (Å²) in [4.78, 5) is 28.5. The first kappa shape index (κ1) is 15.8. The number of fused-ring (bicyclic) bond motifs is 2. The summed E-state index contributed by atoms with van der Waals surface area (Å²) in [5.41, 5.74) is 3.17. The van der Waals surface area contributed by atoms with Crippen molar-refractivity contribution >= 4 is 44.1 Å². The van der Waals surface area contributed by atoms with Gasteiger partial charge in [0.05, 0.1) is 10.5 Å². The molecule has 0 unspecified atom stereocenters. The van der Waals surface area contributed by atoms with Gasteiger partial charge in [0.1, 0.15) is 0 Å². The van der Waals surface area contributed by atoms with Crippen LogP contribution in [0.1, 0.15) is 22.3 Å². The lowest BCUT2D eigenvalue weighted by molar-refractivity contribution is -0.384. The number of aromatic nitrogens is 1. The summed E-state index contributed by atoms with van der Waals surface area (Å²) in [5.74, 6) is -0.143. The summed E-state index contributed by atoms with van der Waals surface area (Å²) in [6.07, 6.45) is 3.44. The average molecular weight is 400 g/mol. The van der Waals surface area contributed by atoms with Gasteiger partial charge in [-0.25, -0.2) is 0 Å². The fraction of sp³-hybridized carbons (Fsp3) is 0.167. The SMILES string of the molecule is O=C(c1c[nH]c2ccc([N+](=O)[O-])cc12)N1CCCc2cc(Br)ccc21. The second-order valence-electron chi connectivity index (χ2n) is 6.02. The molecule has 126 valence electrons. The number of aromatic amines is 1. The van der Waals surface area contributed by atoms with E-state index in [0.717, 1.165) is 28.6 Å². The second kappa shape index (κ2) is 6.00. The molecule has 4 rings (SSSR count). The number of non-ortho nitro benzene ring substituents is 1. The number of amides is 1. The van der Waals surface area contributed by atoms with E-state index in [1.54, 1.807) is 17.2 Å². The van der Waals surface area contributed by atoms with Gasteiger partial charge in [0.2, 0.25) is 0 Å². The Kier molecular flexibility index (Phi) is 3.80. The van der Waals surface area contributed by atoms with Crippen molar-refractivity contribution in [3.05, 3.63) is 68.3 Å². The Morgan fingerprint density at radius 3 is 2.88 bits per heavy atom. The normalized spacial score (nSPS) is 13.7. The van der Waals surface area contributed by atoms with E-state index in [4.69, 9.17) is 0 Å². The molecule has 7 heteroatoms. The van der Waals surface area contributed by atoms with Crippen LogP contribution in [-0.4, -0.2) is 22.4 Å². The number of hydrogen-bond donors (Lipinski definition) is 1. The van der Waals surface area contributed by atoms with E-state index in [9.17, 15) is 14.9 Å². The topological polar surface area (TPSA) is 79.2 Å². The predicted molar refractivity (Wildman–Crippen MR) is 99.1 cm³/mol. The van der Waals surface area contributed by atoms with Gasteiger partial charge in [-0.05, 0) is 42.7 Å².